The molecular weight excluding hydrogens is 155 g/mol. The van der Waals surface area contributed by atoms with Crippen LogP contribution in [0.4, 0.5) is 0 Å². The van der Waals surface area contributed by atoms with E-state index in [0.29, 0.717) is 17.6 Å². The molecule has 4 heteroatoms. The Morgan fingerprint density at radius 3 is 3.17 bits per heavy atom. The first-order valence-electron chi connectivity index (χ1n) is 3.62. The highest BCUT2D eigenvalue weighted by atomic mass is 16.4. The number of hydrogen-bond donors (Lipinski definition) is 1. The van der Waals surface area contributed by atoms with E-state index in [0.717, 1.165) is 5.56 Å². The molecule has 0 bridgehead atoms. The van der Waals surface area contributed by atoms with Gasteiger partial charge in [0.2, 0.25) is 0 Å². The lowest BCUT2D eigenvalue weighted by Crippen LogP contribution is -2.00. The summed E-state index contributed by atoms with van der Waals surface area (Å²) in [5.41, 5.74) is 1.10. The van der Waals surface area contributed by atoms with Crippen molar-refractivity contribution >= 4 is 13.5 Å². The number of hydrogen-bond acceptors (Lipinski definition) is 2. The number of rotatable bonds is 1. The highest BCUT2D eigenvalue weighted by Crippen LogP contribution is 2.26. The van der Waals surface area contributed by atoms with Crippen molar-refractivity contribution in [3.8, 4) is 5.75 Å². The molecule has 1 aromatic carbocycles. The van der Waals surface area contributed by atoms with Gasteiger partial charge in [0.25, 0.3) is 0 Å². The molecule has 0 unspecified atom stereocenters. The number of benzene rings is 1. The van der Waals surface area contributed by atoms with Crippen LogP contribution in [0.15, 0.2) is 18.2 Å². The van der Waals surface area contributed by atoms with Crippen LogP contribution in [0.3, 0.4) is 0 Å². The van der Waals surface area contributed by atoms with E-state index in [1.165, 1.54) is 0 Å². The highest BCUT2D eigenvalue weighted by Gasteiger charge is 2.20. The van der Waals surface area contributed by atoms with Crippen LogP contribution in [0, 0.1) is 0 Å². The Balaban J connectivity index is 2.56. The maximum Gasteiger partial charge on any atom is 0.374 e. The first-order chi connectivity index (χ1) is 5.79. The summed E-state index contributed by atoms with van der Waals surface area (Å²) < 4.78 is 5.10. The Bertz CT molecular complexity index is 335. The van der Waals surface area contributed by atoms with Crippen LogP contribution in [0.5, 0.6) is 5.75 Å². The summed E-state index contributed by atoms with van der Waals surface area (Å²) in [6.07, 6.45) is 0.581. The molecule has 0 saturated heterocycles. The largest absolute Gasteiger partial charge is 0.563 e. The van der Waals surface area contributed by atoms with Crippen molar-refractivity contribution < 1.29 is 14.6 Å². The van der Waals surface area contributed by atoms with Crippen LogP contribution in [-0.4, -0.2) is 18.6 Å². The van der Waals surface area contributed by atoms with E-state index in [1.54, 1.807) is 25.7 Å². The molecule has 1 radical (unpaired) electrons. The van der Waals surface area contributed by atoms with E-state index in [1.807, 2.05) is 0 Å². The Morgan fingerprint density at radius 2 is 2.42 bits per heavy atom. The zero-order chi connectivity index (χ0) is 8.55. The topological polar surface area (TPSA) is 46.5 Å². The summed E-state index contributed by atoms with van der Waals surface area (Å²) >= 11 is 0. The van der Waals surface area contributed by atoms with E-state index in [-0.39, 0.29) is 0 Å². The number of carbonyl (C=O) groups is 1. The minimum atomic E-state index is -0.897. The number of fused-ring (bicyclic) bond motifs is 1. The predicted molar refractivity (Wildman–Crippen MR) is 43.5 cm³/mol. The minimum absolute atomic E-state index is 0.334. The van der Waals surface area contributed by atoms with Crippen molar-refractivity contribution in [2.75, 3.05) is 0 Å². The lowest BCUT2D eigenvalue weighted by atomic mass is 9.91. The van der Waals surface area contributed by atoms with Crippen LogP contribution in [0.1, 0.15) is 15.9 Å². The van der Waals surface area contributed by atoms with Crippen molar-refractivity contribution in [2.24, 2.45) is 0 Å². The van der Waals surface area contributed by atoms with Crippen LogP contribution in [0.2, 0.25) is 0 Å². The highest BCUT2D eigenvalue weighted by molar-refractivity contribution is 6.30. The van der Waals surface area contributed by atoms with E-state index in [4.69, 9.17) is 9.76 Å². The zero-order valence-electron chi connectivity index (χ0n) is 6.28. The molecule has 1 aromatic rings. The van der Waals surface area contributed by atoms with Crippen molar-refractivity contribution in [3.05, 3.63) is 29.3 Å². The molecule has 0 spiro atoms. The van der Waals surface area contributed by atoms with Gasteiger partial charge in [-0.3, -0.25) is 0 Å². The number of carboxylic acid groups (broad SMARTS) is 1. The summed E-state index contributed by atoms with van der Waals surface area (Å²) in [5.74, 6) is -0.236. The van der Waals surface area contributed by atoms with Gasteiger partial charge in [0, 0.05) is 5.56 Å². The maximum absolute atomic E-state index is 10.7. The van der Waals surface area contributed by atoms with Gasteiger partial charge in [0.05, 0.1) is 5.56 Å². The SMILES string of the molecule is O=C(O)c1cccc2c1C[B]O2. The number of aromatic carboxylic acids is 1. The van der Waals surface area contributed by atoms with Crippen LogP contribution < -0.4 is 4.65 Å². The normalized spacial score (nSPS) is 13.0. The molecule has 0 amide bonds. The average molecular weight is 161 g/mol. The van der Waals surface area contributed by atoms with Gasteiger partial charge in [-0.25, -0.2) is 4.79 Å². The molecule has 0 fully saturated rings. The molecule has 59 valence electrons. The lowest BCUT2D eigenvalue weighted by Gasteiger charge is -2.01. The molecule has 0 aliphatic carbocycles. The second-order valence-corrected chi connectivity index (χ2v) is 2.58. The quantitative estimate of drug-likeness (QED) is 0.622. The molecule has 0 atom stereocenters. The summed E-state index contributed by atoms with van der Waals surface area (Å²) in [7, 11) is 1.61. The van der Waals surface area contributed by atoms with Gasteiger partial charge >= 0.3 is 13.5 Å². The van der Waals surface area contributed by atoms with Crippen LogP contribution in [0.25, 0.3) is 0 Å². The Hall–Kier alpha value is -1.45. The van der Waals surface area contributed by atoms with E-state index in [9.17, 15) is 4.79 Å². The predicted octanol–water partition coefficient (Wildman–Crippen LogP) is 0.896. The van der Waals surface area contributed by atoms with Crippen molar-refractivity contribution in [1.29, 1.82) is 0 Å². The Labute approximate surface area is 70.2 Å². The Morgan fingerprint density at radius 1 is 1.58 bits per heavy atom. The first kappa shape index (κ1) is 7.22. The second-order valence-electron chi connectivity index (χ2n) is 2.58. The molecule has 1 N–H and O–H groups in total. The van der Waals surface area contributed by atoms with Gasteiger partial charge in [0.15, 0.2) is 0 Å². The Kier molecular flexibility index (Phi) is 1.53. The van der Waals surface area contributed by atoms with E-state index in [2.05, 4.69) is 0 Å². The first-order valence-corrected chi connectivity index (χ1v) is 3.62. The molecule has 2 rings (SSSR count). The molecule has 0 saturated carbocycles. The number of carboxylic acids is 1. The third-order valence-electron chi connectivity index (χ3n) is 1.86. The molecule has 3 nitrogen and oxygen atoms in total. The lowest BCUT2D eigenvalue weighted by molar-refractivity contribution is 0.0696. The van der Waals surface area contributed by atoms with E-state index < -0.39 is 5.97 Å². The zero-order valence-corrected chi connectivity index (χ0v) is 6.28. The molecule has 1 aliphatic rings. The third-order valence-corrected chi connectivity index (χ3v) is 1.86. The second kappa shape index (κ2) is 2.55. The molecule has 0 aromatic heterocycles. The molecule has 1 aliphatic heterocycles. The standard InChI is InChI=1S/C8H6BO3/c10-8(11)5-2-1-3-7-6(5)4-9-12-7/h1-3H,4H2,(H,10,11). The average Bonchev–Trinajstić information content (AvgIpc) is 2.49. The minimum Gasteiger partial charge on any atom is -0.563 e. The van der Waals surface area contributed by atoms with Crippen LogP contribution in [-0.2, 0) is 6.32 Å². The van der Waals surface area contributed by atoms with Gasteiger partial charge < -0.3 is 9.76 Å². The van der Waals surface area contributed by atoms with Gasteiger partial charge in [-0.05, 0) is 18.5 Å². The summed E-state index contributed by atoms with van der Waals surface area (Å²) in [5, 5.41) is 8.78. The van der Waals surface area contributed by atoms with Crippen LogP contribution >= 0.6 is 0 Å². The van der Waals surface area contributed by atoms with Gasteiger partial charge in [-0.15, -0.1) is 0 Å². The summed E-state index contributed by atoms with van der Waals surface area (Å²) in [6, 6.07) is 5.04. The fraction of sp³-hybridized carbons (Fsp3) is 0.125. The van der Waals surface area contributed by atoms with E-state index >= 15 is 0 Å². The van der Waals surface area contributed by atoms with Crippen molar-refractivity contribution in [3.63, 3.8) is 0 Å². The molecule has 12 heavy (non-hydrogen) atoms. The molecular formula is C8H6BO3. The smallest absolute Gasteiger partial charge is 0.374 e. The van der Waals surface area contributed by atoms with Crippen molar-refractivity contribution in [2.45, 2.75) is 6.32 Å². The van der Waals surface area contributed by atoms with Gasteiger partial charge in [-0.1, -0.05) is 6.07 Å². The van der Waals surface area contributed by atoms with Gasteiger partial charge in [0.1, 0.15) is 5.75 Å². The third kappa shape index (κ3) is 0.960. The fourth-order valence-corrected chi connectivity index (χ4v) is 1.30. The summed E-state index contributed by atoms with van der Waals surface area (Å²) in [6.45, 7) is 0. The van der Waals surface area contributed by atoms with Gasteiger partial charge in [-0.2, -0.15) is 0 Å². The monoisotopic (exact) mass is 161 g/mol. The van der Waals surface area contributed by atoms with Crippen molar-refractivity contribution in [1.82, 2.24) is 0 Å². The maximum atomic E-state index is 10.7. The summed E-state index contributed by atoms with van der Waals surface area (Å²) in [4.78, 5) is 10.7. The fourth-order valence-electron chi connectivity index (χ4n) is 1.30. The molecule has 1 heterocycles.